The summed E-state index contributed by atoms with van der Waals surface area (Å²) in [4.78, 5) is 25.8. The third-order valence-electron chi connectivity index (χ3n) is 4.59. The molecule has 3 amide bonds. The summed E-state index contributed by atoms with van der Waals surface area (Å²) < 4.78 is 5.39. The second-order valence-corrected chi connectivity index (χ2v) is 6.60. The summed E-state index contributed by atoms with van der Waals surface area (Å²) >= 11 is 0. The van der Waals surface area contributed by atoms with Crippen molar-refractivity contribution in [1.29, 1.82) is 0 Å². The van der Waals surface area contributed by atoms with Crippen LogP contribution in [0.15, 0.2) is 24.3 Å². The van der Waals surface area contributed by atoms with Gasteiger partial charge in [-0.15, -0.1) is 0 Å². The standard InChI is InChI=1S/C18H26N4O3/c1-13(22-8-10-25-11-9-22)14-2-4-15(5-3-14)20-17(23)12-19-18(24)21-16-6-7-16/h2-5,13,16H,6-12H2,1H3,(H,20,23)(H2,19,21,24). The van der Waals surface area contributed by atoms with Crippen LogP contribution in [0.4, 0.5) is 10.5 Å². The topological polar surface area (TPSA) is 82.7 Å². The van der Waals surface area contributed by atoms with Crippen molar-refractivity contribution >= 4 is 17.6 Å². The third kappa shape index (κ3) is 5.44. The van der Waals surface area contributed by atoms with Gasteiger partial charge in [0, 0.05) is 30.9 Å². The molecule has 0 spiro atoms. The number of carbonyl (C=O) groups is 2. The number of benzene rings is 1. The van der Waals surface area contributed by atoms with Crippen LogP contribution in [0.1, 0.15) is 31.4 Å². The van der Waals surface area contributed by atoms with Crippen molar-refractivity contribution in [3.05, 3.63) is 29.8 Å². The Morgan fingerprint density at radius 2 is 1.88 bits per heavy atom. The zero-order valence-electron chi connectivity index (χ0n) is 14.6. The Bertz CT molecular complexity index is 595. The number of carbonyl (C=O) groups excluding carboxylic acids is 2. The van der Waals surface area contributed by atoms with E-state index in [1.807, 2.05) is 24.3 Å². The van der Waals surface area contributed by atoms with Crippen LogP contribution in [-0.4, -0.2) is 55.7 Å². The molecule has 1 aliphatic heterocycles. The van der Waals surface area contributed by atoms with Crippen LogP contribution in [0.3, 0.4) is 0 Å². The van der Waals surface area contributed by atoms with Crippen LogP contribution < -0.4 is 16.0 Å². The highest BCUT2D eigenvalue weighted by Crippen LogP contribution is 2.22. The van der Waals surface area contributed by atoms with Crippen LogP contribution in [0, 0.1) is 0 Å². The lowest BCUT2D eigenvalue weighted by molar-refractivity contribution is -0.115. The molecule has 0 aromatic heterocycles. The second kappa shape index (κ2) is 8.31. The molecule has 0 radical (unpaired) electrons. The van der Waals surface area contributed by atoms with Gasteiger partial charge in [-0.25, -0.2) is 4.79 Å². The Morgan fingerprint density at radius 3 is 2.52 bits per heavy atom. The number of hydrogen-bond acceptors (Lipinski definition) is 4. The first-order valence-electron chi connectivity index (χ1n) is 8.88. The first-order chi connectivity index (χ1) is 12.1. The van der Waals surface area contributed by atoms with Gasteiger partial charge >= 0.3 is 6.03 Å². The quantitative estimate of drug-likeness (QED) is 0.729. The van der Waals surface area contributed by atoms with E-state index in [0.717, 1.165) is 44.8 Å². The lowest BCUT2D eigenvalue weighted by Crippen LogP contribution is -2.40. The average Bonchev–Trinajstić information content (AvgIpc) is 3.45. The monoisotopic (exact) mass is 346 g/mol. The molecule has 1 aliphatic carbocycles. The van der Waals surface area contributed by atoms with Crippen LogP contribution in [0.2, 0.25) is 0 Å². The SMILES string of the molecule is CC(c1ccc(NC(=O)CNC(=O)NC2CC2)cc1)N1CCOCC1. The predicted octanol–water partition coefficient (Wildman–Crippen LogP) is 1.48. The lowest BCUT2D eigenvalue weighted by atomic mass is 10.1. The summed E-state index contributed by atoms with van der Waals surface area (Å²) in [6.07, 6.45) is 2.05. The van der Waals surface area contributed by atoms with E-state index in [-0.39, 0.29) is 24.5 Å². The fraction of sp³-hybridized carbons (Fsp3) is 0.556. The molecule has 0 bridgehead atoms. The molecule has 1 aromatic carbocycles. The molecule has 1 unspecified atom stereocenters. The third-order valence-corrected chi connectivity index (χ3v) is 4.59. The van der Waals surface area contributed by atoms with E-state index in [9.17, 15) is 9.59 Å². The van der Waals surface area contributed by atoms with Crippen molar-refractivity contribution in [2.45, 2.75) is 31.8 Å². The summed E-state index contributed by atoms with van der Waals surface area (Å²) in [7, 11) is 0. The van der Waals surface area contributed by atoms with Crippen LogP contribution >= 0.6 is 0 Å². The minimum Gasteiger partial charge on any atom is -0.379 e. The predicted molar refractivity (Wildman–Crippen MR) is 95.4 cm³/mol. The van der Waals surface area contributed by atoms with Crippen molar-refractivity contribution in [3.63, 3.8) is 0 Å². The van der Waals surface area contributed by atoms with Gasteiger partial charge in [0.25, 0.3) is 0 Å². The number of anilines is 1. The lowest BCUT2D eigenvalue weighted by Gasteiger charge is -2.32. The Hall–Kier alpha value is -2.12. The first-order valence-corrected chi connectivity index (χ1v) is 8.88. The summed E-state index contributed by atoms with van der Waals surface area (Å²) in [6, 6.07) is 8.17. The van der Waals surface area contributed by atoms with Gasteiger partial charge in [-0.1, -0.05) is 12.1 Å². The highest BCUT2D eigenvalue weighted by molar-refractivity contribution is 5.94. The zero-order chi connectivity index (χ0) is 17.6. The highest BCUT2D eigenvalue weighted by Gasteiger charge is 2.23. The molecule has 1 atom stereocenters. The van der Waals surface area contributed by atoms with Gasteiger partial charge in [0.1, 0.15) is 0 Å². The Morgan fingerprint density at radius 1 is 1.20 bits per heavy atom. The Labute approximate surface area is 148 Å². The largest absolute Gasteiger partial charge is 0.379 e. The number of nitrogens with zero attached hydrogens (tertiary/aromatic N) is 1. The van der Waals surface area contributed by atoms with Gasteiger partial charge in [-0.3, -0.25) is 9.69 Å². The number of rotatable bonds is 6. The highest BCUT2D eigenvalue weighted by atomic mass is 16.5. The van der Waals surface area contributed by atoms with Crippen molar-refractivity contribution in [1.82, 2.24) is 15.5 Å². The molecular formula is C18H26N4O3. The summed E-state index contributed by atoms with van der Waals surface area (Å²) in [5.74, 6) is -0.236. The summed E-state index contributed by atoms with van der Waals surface area (Å²) in [6.45, 7) is 5.58. The van der Waals surface area contributed by atoms with Gasteiger partial charge in [0.2, 0.25) is 5.91 Å². The minimum atomic E-state index is -0.285. The van der Waals surface area contributed by atoms with E-state index >= 15 is 0 Å². The van der Waals surface area contributed by atoms with Crippen LogP contribution in [-0.2, 0) is 9.53 Å². The van der Waals surface area contributed by atoms with E-state index in [4.69, 9.17) is 4.74 Å². The van der Waals surface area contributed by atoms with Crippen molar-refractivity contribution < 1.29 is 14.3 Å². The normalized spacial score (nSPS) is 19.1. The van der Waals surface area contributed by atoms with Crippen molar-refractivity contribution in [3.8, 4) is 0 Å². The Balaban J connectivity index is 1.44. The molecule has 1 saturated carbocycles. The number of amides is 3. The fourth-order valence-electron chi connectivity index (χ4n) is 2.85. The number of urea groups is 1. The first kappa shape index (κ1) is 17.7. The van der Waals surface area contributed by atoms with Gasteiger partial charge in [-0.05, 0) is 37.5 Å². The second-order valence-electron chi connectivity index (χ2n) is 6.60. The van der Waals surface area contributed by atoms with Crippen LogP contribution in [0.25, 0.3) is 0 Å². The van der Waals surface area contributed by atoms with Crippen molar-refractivity contribution in [2.24, 2.45) is 0 Å². The fourth-order valence-corrected chi connectivity index (χ4v) is 2.85. The van der Waals surface area contributed by atoms with Gasteiger partial charge < -0.3 is 20.7 Å². The minimum absolute atomic E-state index is 0.0372. The maximum absolute atomic E-state index is 11.9. The van der Waals surface area contributed by atoms with E-state index in [2.05, 4.69) is 27.8 Å². The molecule has 25 heavy (non-hydrogen) atoms. The van der Waals surface area contributed by atoms with Crippen LogP contribution in [0.5, 0.6) is 0 Å². The van der Waals surface area contributed by atoms with E-state index in [1.165, 1.54) is 5.56 Å². The Kier molecular flexibility index (Phi) is 5.88. The van der Waals surface area contributed by atoms with E-state index < -0.39 is 0 Å². The molecule has 7 heteroatoms. The molecule has 2 fully saturated rings. The molecule has 1 heterocycles. The van der Waals surface area contributed by atoms with Crippen molar-refractivity contribution in [2.75, 3.05) is 38.2 Å². The summed E-state index contributed by atoms with van der Waals surface area (Å²) in [5, 5.41) is 8.14. The number of morpholine rings is 1. The van der Waals surface area contributed by atoms with Gasteiger partial charge in [0.05, 0.1) is 19.8 Å². The molecule has 7 nitrogen and oxygen atoms in total. The van der Waals surface area contributed by atoms with E-state index in [0.29, 0.717) is 6.04 Å². The molecule has 1 aromatic rings. The van der Waals surface area contributed by atoms with Gasteiger partial charge in [-0.2, -0.15) is 0 Å². The number of hydrogen-bond donors (Lipinski definition) is 3. The summed E-state index contributed by atoms with van der Waals surface area (Å²) in [5.41, 5.74) is 1.94. The molecule has 3 rings (SSSR count). The zero-order valence-corrected chi connectivity index (χ0v) is 14.6. The molecule has 3 N–H and O–H groups in total. The molecule has 1 saturated heterocycles. The van der Waals surface area contributed by atoms with E-state index in [1.54, 1.807) is 0 Å². The average molecular weight is 346 g/mol. The molecule has 2 aliphatic rings. The molecule has 136 valence electrons. The number of nitrogens with one attached hydrogen (secondary N) is 3. The maximum atomic E-state index is 11.9. The smallest absolute Gasteiger partial charge is 0.315 e. The number of ether oxygens (including phenoxy) is 1. The molecular weight excluding hydrogens is 320 g/mol. The van der Waals surface area contributed by atoms with Gasteiger partial charge in [0.15, 0.2) is 0 Å². The maximum Gasteiger partial charge on any atom is 0.315 e.